The van der Waals surface area contributed by atoms with Crippen LogP contribution >= 0.6 is 11.6 Å². The number of nitrogens with one attached hydrogen (secondary N) is 1. The molecule has 9 heteroatoms. The van der Waals surface area contributed by atoms with Gasteiger partial charge in [0.2, 0.25) is 0 Å². The zero-order chi connectivity index (χ0) is 19.0. The number of halogens is 1. The lowest BCUT2D eigenvalue weighted by Crippen LogP contribution is -2.49. The molecular weight excluding hydrogens is 370 g/mol. The summed E-state index contributed by atoms with van der Waals surface area (Å²) in [7, 11) is 0. The number of amides is 4. The lowest BCUT2D eigenvalue weighted by molar-refractivity contribution is -0.120. The van der Waals surface area contributed by atoms with Gasteiger partial charge in [0, 0.05) is 30.0 Å². The minimum Gasteiger partial charge on any atom is -0.348 e. The molecule has 2 aliphatic rings. The Morgan fingerprint density at radius 2 is 1.96 bits per heavy atom. The Morgan fingerprint density at radius 3 is 2.67 bits per heavy atom. The van der Waals surface area contributed by atoms with Gasteiger partial charge in [-0.15, -0.1) is 0 Å². The number of hydrogen-bond acceptors (Lipinski definition) is 5. The molecule has 1 aromatic carbocycles. The summed E-state index contributed by atoms with van der Waals surface area (Å²) in [5.74, 6) is -0.631. The molecule has 2 aliphatic heterocycles. The lowest BCUT2D eigenvalue weighted by atomic mass is 9.98. The molecule has 0 bridgehead atoms. The molecule has 0 spiro atoms. The van der Waals surface area contributed by atoms with Crippen molar-refractivity contribution in [3.8, 4) is 0 Å². The topological polar surface area (TPSA) is 95.5 Å². The van der Waals surface area contributed by atoms with E-state index in [1.165, 1.54) is 23.5 Å². The number of piperidine rings is 1. The van der Waals surface area contributed by atoms with E-state index in [0.717, 1.165) is 0 Å². The molecule has 2 atom stereocenters. The zero-order valence-corrected chi connectivity index (χ0v) is 15.0. The Bertz CT molecular complexity index is 890. The van der Waals surface area contributed by atoms with Crippen molar-refractivity contribution >= 4 is 35.1 Å². The van der Waals surface area contributed by atoms with Crippen LogP contribution in [0.1, 0.15) is 23.3 Å². The fourth-order valence-electron chi connectivity index (χ4n) is 3.43. The van der Waals surface area contributed by atoms with Crippen molar-refractivity contribution in [2.75, 3.05) is 11.4 Å². The number of benzene rings is 1. The second kappa shape index (κ2) is 6.96. The first kappa shape index (κ1) is 17.4. The van der Waals surface area contributed by atoms with Crippen molar-refractivity contribution in [1.82, 2.24) is 20.2 Å². The first-order valence-electron chi connectivity index (χ1n) is 8.51. The van der Waals surface area contributed by atoms with Gasteiger partial charge in [-0.2, -0.15) is 0 Å². The highest BCUT2D eigenvalue weighted by molar-refractivity contribution is 6.30. The molecule has 0 radical (unpaired) electrons. The average molecular weight is 386 g/mol. The van der Waals surface area contributed by atoms with Gasteiger partial charge in [0.15, 0.2) is 0 Å². The number of anilines is 1. The number of nitrogens with zero attached hydrogens (tertiary/aromatic N) is 4. The Kier molecular flexibility index (Phi) is 4.49. The van der Waals surface area contributed by atoms with Crippen LogP contribution < -0.4 is 10.2 Å². The number of rotatable bonds is 3. The number of imide groups is 1. The maximum Gasteiger partial charge on any atom is 0.332 e. The molecule has 1 aromatic heterocycles. The van der Waals surface area contributed by atoms with Crippen LogP contribution in [0.5, 0.6) is 0 Å². The third kappa shape index (κ3) is 3.23. The van der Waals surface area contributed by atoms with E-state index in [2.05, 4.69) is 15.3 Å². The van der Waals surface area contributed by atoms with E-state index in [-0.39, 0.29) is 29.6 Å². The van der Waals surface area contributed by atoms with Crippen LogP contribution in [0.15, 0.2) is 42.9 Å². The van der Waals surface area contributed by atoms with Crippen LogP contribution in [0.3, 0.4) is 0 Å². The second-order valence-corrected chi connectivity index (χ2v) is 6.86. The maximum absolute atomic E-state index is 12.8. The van der Waals surface area contributed by atoms with Crippen molar-refractivity contribution in [3.05, 3.63) is 53.6 Å². The van der Waals surface area contributed by atoms with Gasteiger partial charge in [-0.05, 0) is 37.1 Å². The summed E-state index contributed by atoms with van der Waals surface area (Å²) in [5.41, 5.74) is 0.709. The third-order valence-corrected chi connectivity index (χ3v) is 5.01. The van der Waals surface area contributed by atoms with Gasteiger partial charge in [-0.3, -0.25) is 14.6 Å². The molecule has 27 heavy (non-hydrogen) atoms. The number of urea groups is 1. The van der Waals surface area contributed by atoms with Crippen molar-refractivity contribution in [2.45, 2.75) is 24.9 Å². The summed E-state index contributed by atoms with van der Waals surface area (Å²) in [6.45, 7) is 0.394. The lowest BCUT2D eigenvalue weighted by Gasteiger charge is -2.32. The van der Waals surface area contributed by atoms with Crippen molar-refractivity contribution in [1.29, 1.82) is 0 Å². The minimum atomic E-state index is -0.589. The van der Waals surface area contributed by atoms with Crippen LogP contribution in [0.25, 0.3) is 0 Å². The molecule has 2 unspecified atom stereocenters. The molecule has 2 aromatic rings. The number of carbonyl (C=O) groups is 3. The molecule has 1 N–H and O–H groups in total. The van der Waals surface area contributed by atoms with Crippen molar-refractivity contribution < 1.29 is 14.4 Å². The largest absolute Gasteiger partial charge is 0.348 e. The van der Waals surface area contributed by atoms with Gasteiger partial charge in [0.05, 0.1) is 11.9 Å². The number of hydrogen-bond donors (Lipinski definition) is 1. The number of fused-ring (bicyclic) bond motifs is 1. The first-order chi connectivity index (χ1) is 13.0. The summed E-state index contributed by atoms with van der Waals surface area (Å²) in [5, 5.41) is 3.41. The van der Waals surface area contributed by atoms with E-state index in [9.17, 15) is 14.4 Å². The highest BCUT2D eigenvalue weighted by Crippen LogP contribution is 2.31. The number of carbonyl (C=O) groups excluding carboxylic acids is 3. The average Bonchev–Trinajstić information content (AvgIpc) is 2.93. The Balaban J connectivity index is 1.48. The van der Waals surface area contributed by atoms with Crippen molar-refractivity contribution in [2.24, 2.45) is 0 Å². The van der Waals surface area contributed by atoms with Crippen LogP contribution in [-0.2, 0) is 4.79 Å². The number of aromatic nitrogens is 2. The van der Waals surface area contributed by atoms with Crippen LogP contribution in [-0.4, -0.2) is 51.3 Å². The highest BCUT2D eigenvalue weighted by atomic mass is 35.5. The summed E-state index contributed by atoms with van der Waals surface area (Å²) < 4.78 is 0. The van der Waals surface area contributed by atoms with E-state index >= 15 is 0 Å². The van der Waals surface area contributed by atoms with Crippen LogP contribution in [0, 0.1) is 0 Å². The van der Waals surface area contributed by atoms with Gasteiger partial charge in [0.25, 0.3) is 11.8 Å². The molecule has 4 amide bonds. The Labute approximate surface area is 160 Å². The van der Waals surface area contributed by atoms with Crippen molar-refractivity contribution in [3.63, 3.8) is 0 Å². The standard InChI is InChI=1S/C18H16ClN5O3/c19-11-1-3-13(4-2-11)24-17(26)15-9-12(5-8-23(15)18(24)27)22-16(25)14-10-20-6-7-21-14/h1-4,6-7,10,12,15H,5,8-9H2,(H,22,25). The maximum atomic E-state index is 12.8. The molecular formula is C18H16ClN5O3. The Hall–Kier alpha value is -3.00. The normalized spacial score (nSPS) is 22.0. The molecule has 0 saturated carbocycles. The third-order valence-electron chi connectivity index (χ3n) is 4.76. The smallest absolute Gasteiger partial charge is 0.332 e. The summed E-state index contributed by atoms with van der Waals surface area (Å²) in [6, 6.07) is 5.41. The molecule has 138 valence electrons. The zero-order valence-electron chi connectivity index (χ0n) is 14.2. The quantitative estimate of drug-likeness (QED) is 0.813. The van der Waals surface area contributed by atoms with E-state index in [1.807, 2.05) is 0 Å². The van der Waals surface area contributed by atoms with E-state index in [0.29, 0.717) is 30.1 Å². The van der Waals surface area contributed by atoms with E-state index in [1.54, 1.807) is 29.2 Å². The Morgan fingerprint density at radius 1 is 1.19 bits per heavy atom. The van der Waals surface area contributed by atoms with Gasteiger partial charge >= 0.3 is 6.03 Å². The first-order valence-corrected chi connectivity index (χ1v) is 8.89. The highest BCUT2D eigenvalue weighted by Gasteiger charge is 2.48. The van der Waals surface area contributed by atoms with Crippen LogP contribution in [0.2, 0.25) is 5.02 Å². The molecule has 4 rings (SSSR count). The van der Waals surface area contributed by atoms with Gasteiger partial charge in [-0.25, -0.2) is 14.7 Å². The molecule has 2 fully saturated rings. The predicted octanol–water partition coefficient (Wildman–Crippen LogP) is 1.86. The van der Waals surface area contributed by atoms with E-state index in [4.69, 9.17) is 11.6 Å². The summed E-state index contributed by atoms with van der Waals surface area (Å²) in [6.07, 6.45) is 5.25. The van der Waals surface area contributed by atoms with Crippen LogP contribution in [0.4, 0.5) is 10.5 Å². The van der Waals surface area contributed by atoms with E-state index < -0.39 is 6.04 Å². The summed E-state index contributed by atoms with van der Waals surface area (Å²) >= 11 is 5.88. The van der Waals surface area contributed by atoms with Gasteiger partial charge < -0.3 is 10.2 Å². The molecule has 3 heterocycles. The monoisotopic (exact) mass is 385 g/mol. The summed E-state index contributed by atoms with van der Waals surface area (Å²) in [4.78, 5) is 48.4. The minimum absolute atomic E-state index is 0.219. The van der Waals surface area contributed by atoms with Gasteiger partial charge in [-0.1, -0.05) is 11.6 Å². The molecule has 2 saturated heterocycles. The SMILES string of the molecule is O=C(NC1CCN2C(=O)N(c3ccc(Cl)cc3)C(=O)C2C1)c1cnccn1. The predicted molar refractivity (Wildman–Crippen MR) is 97.3 cm³/mol. The van der Waals surface area contributed by atoms with Gasteiger partial charge in [0.1, 0.15) is 11.7 Å². The molecule has 8 nitrogen and oxygen atoms in total. The second-order valence-electron chi connectivity index (χ2n) is 6.43. The molecule has 0 aliphatic carbocycles. The fourth-order valence-corrected chi connectivity index (χ4v) is 3.56. The fraction of sp³-hybridized carbons (Fsp3) is 0.278.